The number of hydrogen-bond acceptors (Lipinski definition) is 6. The molecule has 0 saturated carbocycles. The van der Waals surface area contributed by atoms with Gasteiger partial charge in [0.1, 0.15) is 13.2 Å². The number of rotatable bonds is 48. The van der Waals surface area contributed by atoms with Gasteiger partial charge in [-0.1, -0.05) is 222 Å². The first-order valence-electron chi connectivity index (χ1n) is 26.8. The van der Waals surface area contributed by atoms with E-state index in [1.54, 1.807) is 6.08 Å². The third-order valence-electron chi connectivity index (χ3n) is 11.7. The quantitative estimate of drug-likeness (QED) is 0.0272. The lowest BCUT2D eigenvalue weighted by Crippen LogP contribution is -2.45. The summed E-state index contributed by atoms with van der Waals surface area (Å²) >= 11 is 0. The maximum absolute atomic E-state index is 12.9. The molecule has 0 bridgehead atoms. The molecule has 3 atom stereocenters. The first-order chi connectivity index (χ1) is 31.5. The van der Waals surface area contributed by atoms with Gasteiger partial charge in [-0.15, -0.1) is 0 Å². The summed E-state index contributed by atoms with van der Waals surface area (Å²) in [6.45, 7) is 4.50. The van der Waals surface area contributed by atoms with E-state index in [2.05, 4.69) is 79.9 Å². The summed E-state index contributed by atoms with van der Waals surface area (Å²) in [6, 6.07) is -0.920. The van der Waals surface area contributed by atoms with Gasteiger partial charge in [0.2, 0.25) is 5.91 Å². The zero-order chi connectivity index (χ0) is 47.8. The number of unbranched alkanes of at least 4 members (excludes halogenated alkanes) is 25. The van der Waals surface area contributed by atoms with E-state index in [1.165, 1.54) is 128 Å². The fourth-order valence-electron chi connectivity index (χ4n) is 7.45. The highest BCUT2D eigenvalue weighted by Crippen LogP contribution is 2.38. The Morgan fingerprint density at radius 1 is 0.554 bits per heavy atom. The van der Waals surface area contributed by atoms with Gasteiger partial charge in [-0.2, -0.15) is 0 Å². The van der Waals surface area contributed by atoms with E-state index in [-0.39, 0.29) is 12.5 Å². The monoisotopic (exact) mass is 931 g/mol. The summed E-state index contributed by atoms with van der Waals surface area (Å²) in [5.74, 6) is -0.232. The molecule has 0 saturated heterocycles. The number of nitrogens with one attached hydrogen (secondary N) is 1. The molecular formula is C56H103N2O6P. The van der Waals surface area contributed by atoms with Gasteiger partial charge in [-0.05, 0) is 70.6 Å². The Bertz CT molecular complexity index is 1290. The Balaban J connectivity index is 4.33. The molecule has 2 N–H and O–H groups in total. The standard InChI is InChI=1S/C56H103N2O6P/c1-6-8-10-12-14-16-18-20-22-24-25-26-27-28-29-30-31-32-34-35-37-39-41-43-45-47-49-55(59)54(53-64-65(61,62)63-52-51-58(3,4)5)57-56(60)50-48-46-44-42-40-38-36-33-23-21-19-17-15-13-11-9-7-2/h9,11,15,17,21,23,36,38-39,41,47,49,54-55,59H,6-8,10,12-14,16,18-20,22,24-35,37,40,42-46,48,50-53H2,1-5H3,(H-,57,60,61,62)/b11-9-,17-15-,23-21-,38-36-,41-39+,49-47+. The number of likely N-dealkylation sites (N-methyl/N-ethyl adjacent to an activating group) is 1. The zero-order valence-electron chi connectivity index (χ0n) is 42.9. The van der Waals surface area contributed by atoms with Crippen LogP contribution in [0.15, 0.2) is 72.9 Å². The number of carbonyl (C=O) groups excluding carboxylic acids is 1. The number of nitrogens with zero attached hydrogens (tertiary/aromatic N) is 1. The molecule has 0 radical (unpaired) electrons. The molecule has 3 unspecified atom stereocenters. The molecule has 0 fully saturated rings. The minimum atomic E-state index is -4.61. The van der Waals surface area contributed by atoms with Crippen molar-refractivity contribution in [2.24, 2.45) is 0 Å². The van der Waals surface area contributed by atoms with Crippen molar-refractivity contribution >= 4 is 13.7 Å². The topological polar surface area (TPSA) is 108 Å². The van der Waals surface area contributed by atoms with Gasteiger partial charge < -0.3 is 28.8 Å². The van der Waals surface area contributed by atoms with Crippen molar-refractivity contribution < 1.29 is 32.9 Å². The van der Waals surface area contributed by atoms with Crippen LogP contribution in [0.3, 0.4) is 0 Å². The molecule has 0 aliphatic heterocycles. The minimum absolute atomic E-state index is 0.0147. The Hall–Kier alpha value is -2.06. The average molecular weight is 931 g/mol. The molecular weight excluding hydrogens is 828 g/mol. The van der Waals surface area contributed by atoms with Crippen LogP contribution in [0, 0.1) is 0 Å². The van der Waals surface area contributed by atoms with Gasteiger partial charge in [0.25, 0.3) is 7.82 Å². The highest BCUT2D eigenvalue weighted by molar-refractivity contribution is 7.45. The Morgan fingerprint density at radius 2 is 0.954 bits per heavy atom. The first-order valence-corrected chi connectivity index (χ1v) is 28.3. The van der Waals surface area contributed by atoms with E-state index in [9.17, 15) is 19.4 Å². The average Bonchev–Trinajstić information content (AvgIpc) is 3.26. The van der Waals surface area contributed by atoms with Crippen LogP contribution in [-0.4, -0.2) is 68.5 Å². The predicted octanol–water partition coefficient (Wildman–Crippen LogP) is 15.3. The lowest BCUT2D eigenvalue weighted by atomic mass is 10.0. The van der Waals surface area contributed by atoms with E-state index in [4.69, 9.17) is 9.05 Å². The molecule has 0 heterocycles. The fraction of sp³-hybridized carbons (Fsp3) is 0.768. The van der Waals surface area contributed by atoms with E-state index in [1.807, 2.05) is 27.2 Å². The first kappa shape index (κ1) is 62.9. The van der Waals surface area contributed by atoms with Crippen molar-refractivity contribution in [2.75, 3.05) is 40.9 Å². The number of quaternary nitrogens is 1. The van der Waals surface area contributed by atoms with Crippen LogP contribution in [-0.2, 0) is 18.4 Å². The summed E-state index contributed by atoms with van der Waals surface area (Å²) in [7, 11) is 1.22. The van der Waals surface area contributed by atoms with E-state index < -0.39 is 26.6 Å². The van der Waals surface area contributed by atoms with Gasteiger partial charge in [0.05, 0.1) is 39.9 Å². The SMILES string of the molecule is CC/C=C\C/C=C\C/C=C\C/C=C\CCCCCCC(=O)NC(COP(=O)([O-])OCC[N+](C)(C)C)C(O)/C=C/CC/C=C/CCCCCCCCCCCCCCCCCCCCCC. The highest BCUT2D eigenvalue weighted by Gasteiger charge is 2.23. The molecule has 0 aliphatic carbocycles. The Labute approximate surface area is 402 Å². The van der Waals surface area contributed by atoms with Crippen LogP contribution in [0.25, 0.3) is 0 Å². The molecule has 1 amide bonds. The van der Waals surface area contributed by atoms with E-state index in [0.29, 0.717) is 17.4 Å². The van der Waals surface area contributed by atoms with Crippen LogP contribution in [0.1, 0.15) is 226 Å². The van der Waals surface area contributed by atoms with Crippen molar-refractivity contribution in [1.82, 2.24) is 5.32 Å². The number of phosphoric ester groups is 1. The third-order valence-corrected chi connectivity index (χ3v) is 12.6. The maximum Gasteiger partial charge on any atom is 0.268 e. The number of aliphatic hydroxyl groups excluding tert-OH is 1. The van der Waals surface area contributed by atoms with Crippen molar-refractivity contribution in [1.29, 1.82) is 0 Å². The third kappa shape index (κ3) is 49.7. The highest BCUT2D eigenvalue weighted by atomic mass is 31.2. The van der Waals surface area contributed by atoms with Crippen LogP contribution in [0.2, 0.25) is 0 Å². The molecule has 8 nitrogen and oxygen atoms in total. The number of aliphatic hydroxyl groups is 1. The van der Waals surface area contributed by atoms with Gasteiger partial charge in [0.15, 0.2) is 0 Å². The number of hydrogen-bond donors (Lipinski definition) is 2. The molecule has 65 heavy (non-hydrogen) atoms. The second-order valence-electron chi connectivity index (χ2n) is 19.2. The summed E-state index contributed by atoms with van der Waals surface area (Å²) in [5.41, 5.74) is 0. The smallest absolute Gasteiger partial charge is 0.268 e. The number of phosphoric acid groups is 1. The zero-order valence-corrected chi connectivity index (χ0v) is 43.8. The predicted molar refractivity (Wildman–Crippen MR) is 279 cm³/mol. The van der Waals surface area contributed by atoms with Crippen molar-refractivity contribution in [3.63, 3.8) is 0 Å². The van der Waals surface area contributed by atoms with E-state index >= 15 is 0 Å². The number of allylic oxidation sites excluding steroid dienone is 11. The minimum Gasteiger partial charge on any atom is -0.756 e. The van der Waals surface area contributed by atoms with Crippen LogP contribution in [0.5, 0.6) is 0 Å². The summed E-state index contributed by atoms with van der Waals surface area (Å²) < 4.78 is 23.3. The summed E-state index contributed by atoms with van der Waals surface area (Å²) in [4.78, 5) is 25.4. The molecule has 9 heteroatoms. The maximum atomic E-state index is 12.9. The molecule has 378 valence electrons. The van der Waals surface area contributed by atoms with Crippen LogP contribution >= 0.6 is 7.82 Å². The normalized spacial score (nSPS) is 14.6. The summed E-state index contributed by atoms with van der Waals surface area (Å²) in [6.07, 6.45) is 64.1. The lowest BCUT2D eigenvalue weighted by molar-refractivity contribution is -0.870. The second-order valence-corrected chi connectivity index (χ2v) is 20.6. The van der Waals surface area contributed by atoms with Crippen molar-refractivity contribution in [2.45, 2.75) is 238 Å². The molecule has 0 aromatic rings. The lowest BCUT2D eigenvalue weighted by Gasteiger charge is -2.29. The molecule has 0 aromatic carbocycles. The Kier molecular flexibility index (Phi) is 45.5. The number of amides is 1. The molecule has 0 rings (SSSR count). The molecule has 0 aliphatic rings. The van der Waals surface area contributed by atoms with Gasteiger partial charge >= 0.3 is 0 Å². The van der Waals surface area contributed by atoms with Crippen molar-refractivity contribution in [3.05, 3.63) is 72.9 Å². The number of carbonyl (C=O) groups is 1. The largest absolute Gasteiger partial charge is 0.756 e. The van der Waals surface area contributed by atoms with Crippen molar-refractivity contribution in [3.8, 4) is 0 Å². The fourth-order valence-corrected chi connectivity index (χ4v) is 8.18. The molecule has 0 spiro atoms. The van der Waals surface area contributed by atoms with Gasteiger partial charge in [-0.25, -0.2) is 0 Å². The van der Waals surface area contributed by atoms with Crippen LogP contribution in [0.4, 0.5) is 0 Å². The van der Waals surface area contributed by atoms with Gasteiger partial charge in [0, 0.05) is 6.42 Å². The molecule has 0 aromatic heterocycles. The van der Waals surface area contributed by atoms with Gasteiger partial charge in [-0.3, -0.25) is 9.36 Å². The Morgan fingerprint density at radius 3 is 1.43 bits per heavy atom. The van der Waals surface area contributed by atoms with Crippen LogP contribution < -0.4 is 10.2 Å². The summed E-state index contributed by atoms with van der Waals surface area (Å²) in [5, 5.41) is 13.8. The second kappa shape index (κ2) is 47.0. The van der Waals surface area contributed by atoms with E-state index in [0.717, 1.165) is 77.0 Å².